The number of hydrogen-bond acceptors (Lipinski definition) is 3. The Bertz CT molecular complexity index is 367. The van der Waals surface area contributed by atoms with E-state index in [2.05, 4.69) is 10.3 Å². The highest BCUT2D eigenvalue weighted by molar-refractivity contribution is 6.09. The zero-order valence-corrected chi connectivity index (χ0v) is 8.19. The Labute approximate surface area is 86.9 Å². The van der Waals surface area contributed by atoms with E-state index in [1.807, 2.05) is 0 Å². The van der Waals surface area contributed by atoms with Gasteiger partial charge in [0.15, 0.2) is 0 Å². The van der Waals surface area contributed by atoms with Crippen LogP contribution in [-0.4, -0.2) is 29.4 Å². The van der Waals surface area contributed by atoms with E-state index in [1.165, 1.54) is 6.08 Å². The quantitative estimate of drug-likeness (QED) is 0.686. The predicted octanol–water partition coefficient (Wildman–Crippen LogP) is 0.326. The first kappa shape index (κ1) is 9.89. The van der Waals surface area contributed by atoms with Gasteiger partial charge in [0, 0.05) is 18.0 Å². The molecule has 0 spiro atoms. The van der Waals surface area contributed by atoms with Crippen LogP contribution < -0.4 is 5.32 Å². The number of aliphatic imine (C=N–C) groups is 1. The van der Waals surface area contributed by atoms with Crippen molar-refractivity contribution in [3.05, 3.63) is 11.6 Å². The summed E-state index contributed by atoms with van der Waals surface area (Å²) in [7, 11) is 0. The van der Waals surface area contributed by atoms with Gasteiger partial charge in [0.05, 0.1) is 0 Å². The van der Waals surface area contributed by atoms with E-state index in [9.17, 15) is 9.59 Å². The Hall–Kier alpha value is -1.65. The molecule has 0 radical (unpaired) electrons. The SMILES string of the molecule is O=C(O)C1=CC(NC(=O)C2CC2)=NCC1. The molecule has 1 aliphatic carbocycles. The molecule has 2 N–H and O–H groups in total. The van der Waals surface area contributed by atoms with Gasteiger partial charge in [-0.05, 0) is 25.3 Å². The lowest BCUT2D eigenvalue weighted by atomic mass is 10.1. The Kier molecular flexibility index (Phi) is 2.53. The van der Waals surface area contributed by atoms with Crippen LogP contribution in [0.5, 0.6) is 0 Å². The molecule has 1 heterocycles. The first-order chi connectivity index (χ1) is 7.16. The molecule has 5 heteroatoms. The summed E-state index contributed by atoms with van der Waals surface area (Å²) >= 11 is 0. The minimum atomic E-state index is -0.942. The summed E-state index contributed by atoms with van der Waals surface area (Å²) in [6.07, 6.45) is 3.72. The average molecular weight is 208 g/mol. The molecule has 1 fully saturated rings. The molecule has 0 aromatic heterocycles. The third-order valence-corrected chi connectivity index (χ3v) is 2.45. The maximum absolute atomic E-state index is 11.4. The van der Waals surface area contributed by atoms with Crippen molar-refractivity contribution < 1.29 is 14.7 Å². The maximum atomic E-state index is 11.4. The van der Waals surface area contributed by atoms with Crippen LogP contribution in [0.15, 0.2) is 16.6 Å². The summed E-state index contributed by atoms with van der Waals surface area (Å²) in [5.41, 5.74) is 0.302. The average Bonchev–Trinajstić information content (AvgIpc) is 3.01. The Morgan fingerprint density at radius 1 is 1.47 bits per heavy atom. The summed E-state index contributed by atoms with van der Waals surface area (Å²) < 4.78 is 0. The lowest BCUT2D eigenvalue weighted by Crippen LogP contribution is -2.32. The Morgan fingerprint density at radius 2 is 2.20 bits per heavy atom. The van der Waals surface area contributed by atoms with Crippen molar-refractivity contribution in [2.24, 2.45) is 10.9 Å². The van der Waals surface area contributed by atoms with Gasteiger partial charge in [-0.25, -0.2) is 4.79 Å². The van der Waals surface area contributed by atoms with Gasteiger partial charge < -0.3 is 10.4 Å². The largest absolute Gasteiger partial charge is 0.478 e. The van der Waals surface area contributed by atoms with Crippen LogP contribution in [0.2, 0.25) is 0 Å². The van der Waals surface area contributed by atoms with Gasteiger partial charge in [0.1, 0.15) is 5.84 Å². The van der Waals surface area contributed by atoms with Crippen molar-refractivity contribution in [2.75, 3.05) is 6.54 Å². The van der Waals surface area contributed by atoms with Crippen LogP contribution >= 0.6 is 0 Å². The van der Waals surface area contributed by atoms with E-state index in [0.717, 1.165) is 12.8 Å². The van der Waals surface area contributed by atoms with Gasteiger partial charge in [-0.1, -0.05) is 0 Å². The standard InChI is InChI=1S/C10H12N2O3/c13-9(6-1-2-6)12-8-5-7(10(14)15)3-4-11-8/h5-6H,1-4H2,(H,14,15)(H,11,12,13). The fraction of sp³-hybridized carbons (Fsp3) is 0.500. The van der Waals surface area contributed by atoms with E-state index < -0.39 is 5.97 Å². The van der Waals surface area contributed by atoms with Gasteiger partial charge in [-0.2, -0.15) is 0 Å². The predicted molar refractivity (Wildman–Crippen MR) is 53.5 cm³/mol. The molecule has 5 nitrogen and oxygen atoms in total. The Balaban J connectivity index is 1.99. The highest BCUT2D eigenvalue weighted by atomic mass is 16.4. The second-order valence-electron chi connectivity index (χ2n) is 3.76. The summed E-state index contributed by atoms with van der Waals surface area (Å²) in [6.45, 7) is 0.429. The van der Waals surface area contributed by atoms with Crippen LogP contribution in [-0.2, 0) is 9.59 Å². The molecule has 0 bridgehead atoms. The van der Waals surface area contributed by atoms with Crippen molar-refractivity contribution in [3.63, 3.8) is 0 Å². The van der Waals surface area contributed by atoms with E-state index >= 15 is 0 Å². The number of amides is 1. The number of nitrogens with one attached hydrogen (secondary N) is 1. The summed E-state index contributed by atoms with van der Waals surface area (Å²) in [6, 6.07) is 0. The van der Waals surface area contributed by atoms with Crippen molar-refractivity contribution in [1.82, 2.24) is 5.32 Å². The van der Waals surface area contributed by atoms with Crippen molar-refractivity contribution in [3.8, 4) is 0 Å². The molecule has 0 saturated heterocycles. The molecule has 1 saturated carbocycles. The zero-order valence-electron chi connectivity index (χ0n) is 8.19. The number of carbonyl (C=O) groups is 2. The van der Waals surface area contributed by atoms with Crippen LogP contribution in [0.3, 0.4) is 0 Å². The zero-order chi connectivity index (χ0) is 10.8. The molecule has 1 amide bonds. The maximum Gasteiger partial charge on any atom is 0.331 e. The molecule has 0 aromatic carbocycles. The molecule has 80 valence electrons. The number of aliphatic carboxylic acids is 1. The Morgan fingerprint density at radius 3 is 2.80 bits per heavy atom. The molecular formula is C10H12N2O3. The number of hydrogen-bond donors (Lipinski definition) is 2. The highest BCUT2D eigenvalue weighted by Gasteiger charge is 2.30. The lowest BCUT2D eigenvalue weighted by Gasteiger charge is -2.10. The number of carbonyl (C=O) groups excluding carboxylic acids is 1. The second-order valence-corrected chi connectivity index (χ2v) is 3.76. The van der Waals surface area contributed by atoms with Gasteiger partial charge in [0.2, 0.25) is 5.91 Å². The third-order valence-electron chi connectivity index (χ3n) is 2.45. The number of carboxylic acid groups (broad SMARTS) is 1. The monoisotopic (exact) mass is 208 g/mol. The van der Waals surface area contributed by atoms with Crippen LogP contribution in [0, 0.1) is 5.92 Å². The van der Waals surface area contributed by atoms with Gasteiger partial charge >= 0.3 is 5.97 Å². The van der Waals surface area contributed by atoms with E-state index in [-0.39, 0.29) is 11.8 Å². The molecule has 15 heavy (non-hydrogen) atoms. The molecule has 2 rings (SSSR count). The summed E-state index contributed by atoms with van der Waals surface area (Å²) in [4.78, 5) is 26.1. The highest BCUT2D eigenvalue weighted by Crippen LogP contribution is 2.28. The minimum absolute atomic E-state index is 0.0448. The first-order valence-electron chi connectivity index (χ1n) is 4.96. The smallest absolute Gasteiger partial charge is 0.331 e. The van der Waals surface area contributed by atoms with Gasteiger partial charge in [-0.3, -0.25) is 9.79 Å². The molecule has 0 aromatic rings. The first-order valence-corrected chi connectivity index (χ1v) is 4.96. The van der Waals surface area contributed by atoms with Gasteiger partial charge in [0.25, 0.3) is 0 Å². The van der Waals surface area contributed by atoms with Crippen LogP contribution in [0.25, 0.3) is 0 Å². The number of carboxylic acids is 1. The van der Waals surface area contributed by atoms with E-state index in [1.54, 1.807) is 0 Å². The molecule has 1 aliphatic heterocycles. The van der Waals surface area contributed by atoms with Crippen molar-refractivity contribution in [2.45, 2.75) is 19.3 Å². The number of dihydropyridines is 1. The lowest BCUT2D eigenvalue weighted by molar-refractivity contribution is -0.132. The molecule has 2 aliphatic rings. The molecule has 0 atom stereocenters. The molecular weight excluding hydrogens is 196 g/mol. The summed E-state index contributed by atoms with van der Waals surface area (Å²) in [5, 5.41) is 11.4. The van der Waals surface area contributed by atoms with Crippen molar-refractivity contribution >= 4 is 17.7 Å². The number of nitrogens with zero attached hydrogens (tertiary/aromatic N) is 1. The second kappa shape index (κ2) is 3.84. The fourth-order valence-corrected chi connectivity index (χ4v) is 1.40. The normalized spacial score (nSPS) is 20.3. The van der Waals surface area contributed by atoms with E-state index in [0.29, 0.717) is 24.4 Å². The van der Waals surface area contributed by atoms with E-state index in [4.69, 9.17) is 5.11 Å². The molecule has 0 unspecified atom stereocenters. The minimum Gasteiger partial charge on any atom is -0.478 e. The summed E-state index contributed by atoms with van der Waals surface area (Å²) in [5.74, 6) is -0.494. The topological polar surface area (TPSA) is 78.8 Å². The van der Waals surface area contributed by atoms with Crippen molar-refractivity contribution in [1.29, 1.82) is 0 Å². The fourth-order valence-electron chi connectivity index (χ4n) is 1.40. The van der Waals surface area contributed by atoms with Crippen LogP contribution in [0.4, 0.5) is 0 Å². The van der Waals surface area contributed by atoms with Gasteiger partial charge in [-0.15, -0.1) is 0 Å². The third kappa shape index (κ3) is 2.43. The van der Waals surface area contributed by atoms with Crippen LogP contribution in [0.1, 0.15) is 19.3 Å². The number of amidine groups is 1. The number of rotatable bonds is 2.